The quantitative estimate of drug-likeness (QED) is 0.644. The summed E-state index contributed by atoms with van der Waals surface area (Å²) in [5, 5.41) is 0. The fourth-order valence-electron chi connectivity index (χ4n) is 0.888. The summed E-state index contributed by atoms with van der Waals surface area (Å²) in [4.78, 5) is 7.09. The lowest BCUT2D eigenvalue weighted by Crippen LogP contribution is -2.28. The van der Waals surface area contributed by atoms with Gasteiger partial charge in [-0.25, -0.2) is 4.98 Å². The molecule has 1 aromatic rings. The van der Waals surface area contributed by atoms with E-state index in [-0.39, 0.29) is 5.41 Å². The van der Waals surface area contributed by atoms with Gasteiger partial charge in [-0.1, -0.05) is 13.8 Å². The third-order valence-corrected chi connectivity index (χ3v) is 2.12. The Kier molecular flexibility index (Phi) is 2.89. The van der Waals surface area contributed by atoms with Gasteiger partial charge in [0.2, 0.25) is 0 Å². The van der Waals surface area contributed by atoms with Gasteiger partial charge in [-0.2, -0.15) is 0 Å². The third-order valence-electron chi connectivity index (χ3n) is 1.74. The fourth-order valence-corrected chi connectivity index (χ4v) is 1.84. The van der Waals surface area contributed by atoms with E-state index in [0.29, 0.717) is 0 Å². The maximum absolute atomic E-state index is 3.98. The highest BCUT2D eigenvalue weighted by Gasteiger charge is 2.20. The second kappa shape index (κ2) is 3.53. The topological polar surface area (TPSA) is 40.7 Å². The van der Waals surface area contributed by atoms with Crippen LogP contribution in [-0.4, -0.2) is 16.5 Å². The van der Waals surface area contributed by atoms with Crippen LogP contribution in [0.5, 0.6) is 0 Å². The molecule has 0 aliphatic carbocycles. The minimum atomic E-state index is 0.137. The van der Waals surface area contributed by atoms with E-state index in [1.165, 1.54) is 5.69 Å². The molecule has 1 heterocycles. The summed E-state index contributed by atoms with van der Waals surface area (Å²) in [5.41, 5.74) is 1.30. The van der Waals surface area contributed by atoms with Crippen molar-refractivity contribution in [1.29, 1.82) is 0 Å². The number of halogens is 1. The molecule has 1 rings (SSSR count). The van der Waals surface area contributed by atoms with Gasteiger partial charge in [-0.3, -0.25) is 3.53 Å². The van der Waals surface area contributed by atoms with E-state index in [0.717, 1.165) is 6.54 Å². The van der Waals surface area contributed by atoms with Crippen molar-refractivity contribution in [3.8, 4) is 0 Å². The van der Waals surface area contributed by atoms with E-state index >= 15 is 0 Å². The van der Waals surface area contributed by atoms with Crippen LogP contribution in [-0.2, 0) is 5.41 Å². The number of imidazole rings is 1. The molecule has 0 fully saturated rings. The van der Waals surface area contributed by atoms with Crippen LogP contribution in [0.25, 0.3) is 0 Å². The predicted molar refractivity (Wildman–Crippen MR) is 53.6 cm³/mol. The summed E-state index contributed by atoms with van der Waals surface area (Å²) >= 11 is 2.15. The summed E-state index contributed by atoms with van der Waals surface area (Å²) in [6.07, 6.45) is 3.58. The van der Waals surface area contributed by atoms with E-state index < -0.39 is 0 Å². The minimum Gasteiger partial charge on any atom is -0.348 e. The zero-order valence-electron chi connectivity index (χ0n) is 6.69. The number of aromatic amines is 1. The van der Waals surface area contributed by atoms with Crippen LogP contribution < -0.4 is 3.53 Å². The molecule has 0 aliphatic heterocycles. The van der Waals surface area contributed by atoms with Crippen LogP contribution >= 0.6 is 22.9 Å². The summed E-state index contributed by atoms with van der Waals surface area (Å²) in [5.74, 6) is 0. The van der Waals surface area contributed by atoms with E-state index in [1.54, 1.807) is 6.33 Å². The maximum atomic E-state index is 3.98. The molecule has 1 aromatic heterocycles. The molecule has 0 atom stereocenters. The van der Waals surface area contributed by atoms with Crippen LogP contribution in [0.1, 0.15) is 19.5 Å². The Bertz CT molecular complexity index is 205. The first-order valence-corrected chi connectivity index (χ1v) is 4.57. The van der Waals surface area contributed by atoms with E-state index in [9.17, 15) is 0 Å². The smallest absolute Gasteiger partial charge is 0.0921 e. The van der Waals surface area contributed by atoms with Gasteiger partial charge in [0.1, 0.15) is 0 Å². The van der Waals surface area contributed by atoms with E-state index in [4.69, 9.17) is 0 Å². The first kappa shape index (κ1) is 8.99. The van der Waals surface area contributed by atoms with E-state index in [2.05, 4.69) is 50.2 Å². The monoisotopic (exact) mass is 265 g/mol. The van der Waals surface area contributed by atoms with Crippen molar-refractivity contribution in [2.45, 2.75) is 19.3 Å². The van der Waals surface area contributed by atoms with Crippen LogP contribution in [0.4, 0.5) is 0 Å². The molecule has 0 spiro atoms. The zero-order valence-corrected chi connectivity index (χ0v) is 8.84. The molecule has 0 saturated heterocycles. The number of aromatic nitrogens is 2. The van der Waals surface area contributed by atoms with Crippen LogP contribution in [0.15, 0.2) is 12.5 Å². The molecule has 0 radical (unpaired) electrons. The molecule has 0 unspecified atom stereocenters. The number of hydrogen-bond acceptors (Lipinski definition) is 2. The molecule has 4 heteroatoms. The maximum Gasteiger partial charge on any atom is 0.0921 e. The molecule has 0 aliphatic rings. The molecule has 0 saturated carbocycles. The predicted octanol–water partition coefficient (Wildman–Crippen LogP) is 1.63. The van der Waals surface area contributed by atoms with Crippen molar-refractivity contribution in [1.82, 2.24) is 13.5 Å². The highest BCUT2D eigenvalue weighted by Crippen LogP contribution is 2.19. The Balaban J connectivity index is 2.73. The van der Waals surface area contributed by atoms with Gasteiger partial charge >= 0.3 is 0 Å². The average molecular weight is 265 g/mol. The van der Waals surface area contributed by atoms with Crippen molar-refractivity contribution >= 4 is 22.9 Å². The minimum absolute atomic E-state index is 0.137. The average Bonchev–Trinajstić information content (AvgIpc) is 2.37. The number of nitrogens with zero attached hydrogens (tertiary/aromatic N) is 1. The molecule has 0 aromatic carbocycles. The van der Waals surface area contributed by atoms with Gasteiger partial charge in [0.25, 0.3) is 0 Å². The Morgan fingerprint density at radius 2 is 2.45 bits per heavy atom. The second-order valence-corrected chi connectivity index (χ2v) is 3.92. The first-order valence-electron chi connectivity index (χ1n) is 3.49. The van der Waals surface area contributed by atoms with Gasteiger partial charge in [-0.15, -0.1) is 0 Å². The van der Waals surface area contributed by atoms with Crippen molar-refractivity contribution < 1.29 is 0 Å². The molecule has 3 nitrogen and oxygen atoms in total. The molecular formula is C7H12IN3. The fraction of sp³-hybridized carbons (Fsp3) is 0.571. The molecule has 0 bridgehead atoms. The third kappa shape index (κ3) is 2.16. The number of nitrogens with one attached hydrogen (secondary N) is 2. The lowest BCUT2D eigenvalue weighted by molar-refractivity contribution is 0.515. The normalized spacial score (nSPS) is 11.9. The van der Waals surface area contributed by atoms with Crippen LogP contribution in [0.2, 0.25) is 0 Å². The number of rotatable bonds is 3. The summed E-state index contributed by atoms with van der Waals surface area (Å²) in [6.45, 7) is 5.29. The molecular weight excluding hydrogens is 253 g/mol. The lowest BCUT2D eigenvalue weighted by Gasteiger charge is -2.21. The highest BCUT2D eigenvalue weighted by molar-refractivity contribution is 14.1. The lowest BCUT2D eigenvalue weighted by atomic mass is 9.90. The summed E-state index contributed by atoms with van der Waals surface area (Å²) < 4.78 is 3.12. The van der Waals surface area contributed by atoms with Crippen LogP contribution in [0, 0.1) is 0 Å². The largest absolute Gasteiger partial charge is 0.348 e. The molecule has 62 valence electrons. The highest BCUT2D eigenvalue weighted by atomic mass is 127. The van der Waals surface area contributed by atoms with Crippen molar-refractivity contribution in [2.24, 2.45) is 0 Å². The Hall–Kier alpha value is -0.100. The zero-order chi connectivity index (χ0) is 8.32. The summed E-state index contributed by atoms with van der Waals surface area (Å²) in [7, 11) is 0. The van der Waals surface area contributed by atoms with Crippen molar-refractivity contribution in [2.75, 3.05) is 6.54 Å². The summed E-state index contributed by atoms with van der Waals surface area (Å²) in [6, 6.07) is 0. The van der Waals surface area contributed by atoms with Gasteiger partial charge in [0.15, 0.2) is 0 Å². The van der Waals surface area contributed by atoms with Crippen molar-refractivity contribution in [3.05, 3.63) is 18.2 Å². The van der Waals surface area contributed by atoms with Crippen LogP contribution in [0.3, 0.4) is 0 Å². The Morgan fingerprint density at radius 1 is 1.73 bits per heavy atom. The molecule has 11 heavy (non-hydrogen) atoms. The Labute approximate surface area is 80.5 Å². The number of hydrogen-bond donors (Lipinski definition) is 2. The van der Waals surface area contributed by atoms with Gasteiger partial charge < -0.3 is 4.98 Å². The first-order chi connectivity index (χ1) is 5.17. The molecule has 2 N–H and O–H groups in total. The van der Waals surface area contributed by atoms with Gasteiger partial charge in [0, 0.05) is 46.7 Å². The van der Waals surface area contributed by atoms with Crippen molar-refractivity contribution in [3.63, 3.8) is 0 Å². The van der Waals surface area contributed by atoms with Gasteiger partial charge in [0.05, 0.1) is 6.33 Å². The second-order valence-electron chi connectivity index (χ2n) is 3.16. The SMILES string of the molecule is CC(C)(CNI)c1cnc[nH]1. The molecule has 0 amide bonds. The standard InChI is InChI=1S/C7H12IN3/c1-7(2,4-11-8)6-3-9-5-10-6/h3,5,11H,4H2,1-2H3,(H,9,10). The Morgan fingerprint density at radius 3 is 2.91 bits per heavy atom. The number of H-pyrrole nitrogens is 1. The van der Waals surface area contributed by atoms with E-state index in [1.807, 2.05) is 6.20 Å². The van der Waals surface area contributed by atoms with Gasteiger partial charge in [-0.05, 0) is 0 Å².